The molecule has 0 aliphatic heterocycles. The van der Waals surface area contributed by atoms with E-state index in [2.05, 4.69) is 5.32 Å². The Morgan fingerprint density at radius 1 is 1.12 bits per heavy atom. The molecule has 2 aromatic carbocycles. The second kappa shape index (κ2) is 10.7. The van der Waals surface area contributed by atoms with E-state index >= 15 is 0 Å². The molecule has 34 heavy (non-hydrogen) atoms. The van der Waals surface area contributed by atoms with Crippen molar-refractivity contribution in [3.05, 3.63) is 74.6 Å². The Hall–Kier alpha value is -3.32. The van der Waals surface area contributed by atoms with Crippen LogP contribution < -0.4 is 15.7 Å². The molecule has 1 N–H and O–H groups in total. The third-order valence-corrected chi connectivity index (χ3v) is 6.15. The zero-order valence-electron chi connectivity index (χ0n) is 18.9. The number of benzene rings is 2. The summed E-state index contributed by atoms with van der Waals surface area (Å²) in [5.74, 6) is -0.612. The Kier molecular flexibility index (Phi) is 7.53. The maximum atomic E-state index is 12.9. The zero-order chi connectivity index (χ0) is 24.1. The van der Waals surface area contributed by atoms with Crippen LogP contribution in [0.25, 0.3) is 11.0 Å². The average molecular weight is 484 g/mol. The van der Waals surface area contributed by atoms with Crippen LogP contribution in [0, 0.1) is 0 Å². The summed E-state index contributed by atoms with van der Waals surface area (Å²) in [7, 11) is 0. The van der Waals surface area contributed by atoms with Crippen LogP contribution in [-0.4, -0.2) is 18.1 Å². The number of fused-ring (bicyclic) bond motifs is 3. The van der Waals surface area contributed by atoms with Gasteiger partial charge in [0.15, 0.2) is 5.75 Å². The van der Waals surface area contributed by atoms with E-state index < -0.39 is 18.1 Å². The summed E-state index contributed by atoms with van der Waals surface area (Å²) in [6.45, 7) is 1.97. The number of carbonyl (C=O) groups excluding carboxylic acids is 2. The lowest BCUT2D eigenvalue weighted by molar-refractivity contribution is -0.136. The molecular formula is C26H26ClNO6. The molecule has 178 valence electrons. The van der Waals surface area contributed by atoms with Crippen LogP contribution in [0.1, 0.15) is 49.3 Å². The van der Waals surface area contributed by atoms with Crippen LogP contribution in [0.2, 0.25) is 5.02 Å². The number of halogens is 1. The average Bonchev–Trinajstić information content (AvgIpc) is 2.84. The fourth-order valence-electron chi connectivity index (χ4n) is 4.15. The van der Waals surface area contributed by atoms with Crippen molar-refractivity contribution in [1.29, 1.82) is 0 Å². The Morgan fingerprint density at radius 2 is 1.85 bits per heavy atom. The lowest BCUT2D eigenvalue weighted by Gasteiger charge is -2.19. The Morgan fingerprint density at radius 3 is 2.59 bits per heavy atom. The quantitative estimate of drug-likeness (QED) is 0.277. The van der Waals surface area contributed by atoms with Crippen molar-refractivity contribution in [2.45, 2.75) is 58.1 Å². The van der Waals surface area contributed by atoms with Crippen LogP contribution in [0.15, 0.2) is 51.7 Å². The van der Waals surface area contributed by atoms with Crippen molar-refractivity contribution >= 4 is 34.6 Å². The largest absolute Gasteiger partial charge is 0.445 e. The fourth-order valence-corrected chi connectivity index (χ4v) is 4.35. The normalized spacial score (nSPS) is 13.7. The molecule has 0 fully saturated rings. The first kappa shape index (κ1) is 23.8. The summed E-state index contributed by atoms with van der Waals surface area (Å²) in [6, 6.07) is 11.4. The number of amides is 1. The molecule has 4 rings (SSSR count). The van der Waals surface area contributed by atoms with Crippen molar-refractivity contribution in [3.8, 4) is 5.75 Å². The zero-order valence-corrected chi connectivity index (χ0v) is 19.7. The van der Waals surface area contributed by atoms with Gasteiger partial charge in [-0.1, -0.05) is 55.3 Å². The number of alkyl carbamates (subject to hydrolysis) is 1. The van der Waals surface area contributed by atoms with Gasteiger partial charge in [-0.2, -0.15) is 0 Å². The van der Waals surface area contributed by atoms with Crippen LogP contribution in [0.3, 0.4) is 0 Å². The second-order valence-electron chi connectivity index (χ2n) is 8.30. The van der Waals surface area contributed by atoms with Crippen molar-refractivity contribution < 1.29 is 23.5 Å². The predicted molar refractivity (Wildman–Crippen MR) is 128 cm³/mol. The number of rotatable bonds is 7. The van der Waals surface area contributed by atoms with Gasteiger partial charge < -0.3 is 19.2 Å². The molecule has 0 saturated carbocycles. The van der Waals surface area contributed by atoms with Crippen LogP contribution >= 0.6 is 11.6 Å². The molecule has 1 unspecified atom stereocenters. The number of hydrogen-bond donors (Lipinski definition) is 1. The molecule has 0 bridgehead atoms. The van der Waals surface area contributed by atoms with Crippen molar-refractivity contribution in [3.63, 3.8) is 0 Å². The predicted octanol–water partition coefficient (Wildman–Crippen LogP) is 5.33. The minimum absolute atomic E-state index is 0.0682. The van der Waals surface area contributed by atoms with Gasteiger partial charge in [0.2, 0.25) is 0 Å². The molecule has 3 aromatic rings. The molecule has 8 heteroatoms. The highest BCUT2D eigenvalue weighted by atomic mass is 35.5. The molecule has 0 saturated heterocycles. The minimum Gasteiger partial charge on any atom is -0.445 e. The molecule has 7 nitrogen and oxygen atoms in total. The van der Waals surface area contributed by atoms with E-state index in [1.165, 1.54) is 6.07 Å². The maximum Gasteiger partial charge on any atom is 0.408 e. The number of aryl methyl sites for hydroxylation is 1. The number of nitrogens with one attached hydrogen (secondary N) is 1. The van der Waals surface area contributed by atoms with E-state index in [1.54, 1.807) is 6.07 Å². The summed E-state index contributed by atoms with van der Waals surface area (Å²) in [5.41, 5.74) is 2.43. The van der Waals surface area contributed by atoms with E-state index in [0.29, 0.717) is 30.4 Å². The van der Waals surface area contributed by atoms with E-state index in [9.17, 15) is 14.4 Å². The summed E-state index contributed by atoms with van der Waals surface area (Å²) in [5, 5.41) is 3.55. The lowest BCUT2D eigenvalue weighted by atomic mass is 9.90. The third kappa shape index (κ3) is 5.42. The van der Waals surface area contributed by atoms with Gasteiger partial charge in [0.05, 0.1) is 5.02 Å². The first-order valence-electron chi connectivity index (χ1n) is 11.4. The van der Waals surface area contributed by atoms with Gasteiger partial charge in [-0.15, -0.1) is 0 Å². The molecule has 0 radical (unpaired) electrons. The molecule has 1 heterocycles. The summed E-state index contributed by atoms with van der Waals surface area (Å²) in [4.78, 5) is 37.5. The van der Waals surface area contributed by atoms with Crippen LogP contribution in [0.5, 0.6) is 5.75 Å². The third-order valence-electron chi connectivity index (χ3n) is 5.85. The van der Waals surface area contributed by atoms with Gasteiger partial charge >= 0.3 is 17.7 Å². The molecule has 1 aliphatic carbocycles. The van der Waals surface area contributed by atoms with E-state index in [-0.39, 0.29) is 23.0 Å². The number of hydrogen-bond acceptors (Lipinski definition) is 6. The van der Waals surface area contributed by atoms with E-state index in [0.717, 1.165) is 35.8 Å². The topological polar surface area (TPSA) is 94.8 Å². The highest BCUT2D eigenvalue weighted by molar-refractivity contribution is 6.33. The van der Waals surface area contributed by atoms with Gasteiger partial charge in [0, 0.05) is 17.0 Å². The number of esters is 1. The molecule has 1 atom stereocenters. The van der Waals surface area contributed by atoms with Crippen LogP contribution in [-0.2, 0) is 29.0 Å². The van der Waals surface area contributed by atoms with Crippen LogP contribution in [0.4, 0.5) is 4.79 Å². The molecule has 0 spiro atoms. The Balaban J connectivity index is 1.48. The first-order valence-corrected chi connectivity index (χ1v) is 11.8. The SMILES string of the molecule is CCCC(NC(=O)OCc1ccccc1)C(=O)Oc1cc2oc(=O)c3c(c2cc1Cl)CCCC3. The smallest absolute Gasteiger partial charge is 0.408 e. The van der Waals surface area contributed by atoms with E-state index in [1.807, 2.05) is 37.3 Å². The highest BCUT2D eigenvalue weighted by Gasteiger charge is 2.25. The van der Waals surface area contributed by atoms with Gasteiger partial charge in [0.25, 0.3) is 0 Å². The number of ether oxygens (including phenoxy) is 2. The van der Waals surface area contributed by atoms with Crippen molar-refractivity contribution in [2.75, 3.05) is 0 Å². The monoisotopic (exact) mass is 483 g/mol. The summed E-state index contributed by atoms with van der Waals surface area (Å²) >= 11 is 6.43. The maximum absolute atomic E-state index is 12.9. The fraction of sp³-hybridized carbons (Fsp3) is 0.346. The summed E-state index contributed by atoms with van der Waals surface area (Å²) in [6.07, 6.45) is 3.67. The standard InChI is InChI=1S/C26H26ClNO6/c1-2-8-21(28-26(31)32-15-16-9-4-3-5-10-16)25(30)34-23-14-22-19(13-20(23)27)17-11-6-7-12-18(17)24(29)33-22/h3-5,9-10,13-14,21H,2,6-8,11-12,15H2,1H3,(H,28,31). The Bertz CT molecular complexity index is 1250. The first-order chi connectivity index (χ1) is 16.5. The molecule has 1 amide bonds. The minimum atomic E-state index is -0.921. The van der Waals surface area contributed by atoms with Gasteiger partial charge in [-0.3, -0.25) is 0 Å². The Labute approximate surface area is 202 Å². The highest BCUT2D eigenvalue weighted by Crippen LogP contribution is 2.34. The van der Waals surface area contributed by atoms with E-state index in [4.69, 9.17) is 25.5 Å². The summed E-state index contributed by atoms with van der Waals surface area (Å²) < 4.78 is 16.2. The molecule has 1 aromatic heterocycles. The second-order valence-corrected chi connectivity index (χ2v) is 8.71. The van der Waals surface area contributed by atoms with Gasteiger partial charge in [0.1, 0.15) is 18.2 Å². The number of carbonyl (C=O) groups is 2. The van der Waals surface area contributed by atoms with Crippen molar-refractivity contribution in [1.82, 2.24) is 5.32 Å². The van der Waals surface area contributed by atoms with Crippen molar-refractivity contribution in [2.24, 2.45) is 0 Å². The molecular weight excluding hydrogens is 458 g/mol. The molecule has 1 aliphatic rings. The van der Waals surface area contributed by atoms with Gasteiger partial charge in [-0.25, -0.2) is 14.4 Å². The lowest BCUT2D eigenvalue weighted by Crippen LogP contribution is -2.43. The van der Waals surface area contributed by atoms with Gasteiger partial charge in [-0.05, 0) is 49.3 Å².